The average molecular weight is 1060 g/mol. The lowest BCUT2D eigenvalue weighted by Gasteiger charge is -2.25. The van der Waals surface area contributed by atoms with Crippen molar-refractivity contribution in [3.63, 3.8) is 0 Å². The van der Waals surface area contributed by atoms with Gasteiger partial charge in [0.1, 0.15) is 42.4 Å². The Morgan fingerprint density at radius 2 is 1.01 bits per heavy atom. The molecule has 0 unspecified atom stereocenters. The van der Waals surface area contributed by atoms with Crippen molar-refractivity contribution in [3.05, 3.63) is 148 Å². The van der Waals surface area contributed by atoms with Crippen molar-refractivity contribution >= 4 is 67.4 Å². The lowest BCUT2D eigenvalue weighted by Crippen LogP contribution is -2.54. The number of halogens is 3. The predicted octanol–water partition coefficient (Wildman–Crippen LogP) is 4.72. The van der Waals surface area contributed by atoms with Gasteiger partial charge in [0.25, 0.3) is 11.1 Å². The summed E-state index contributed by atoms with van der Waals surface area (Å²) in [5, 5.41) is 49.6. The monoisotopic (exact) mass is 1050 g/mol. The topological polar surface area (TPSA) is 305 Å². The zero-order valence-electron chi connectivity index (χ0n) is 40.3. The van der Waals surface area contributed by atoms with E-state index < -0.39 is 69.3 Å². The minimum absolute atomic E-state index is 0. The molecule has 6 heterocycles. The van der Waals surface area contributed by atoms with Gasteiger partial charge in [-0.3, -0.25) is 23.5 Å². The Labute approximate surface area is 422 Å². The number of carboxylic acid groups (broad SMARTS) is 1. The van der Waals surface area contributed by atoms with Crippen LogP contribution >= 0.6 is 35.1 Å². The summed E-state index contributed by atoms with van der Waals surface area (Å²) in [7, 11) is 0. The number of thiophene rings is 2. The van der Waals surface area contributed by atoms with Crippen LogP contribution in [0.1, 0.15) is 87.1 Å². The number of primary amides is 1. The lowest BCUT2D eigenvalue weighted by molar-refractivity contribution is -0.146. The van der Waals surface area contributed by atoms with E-state index in [2.05, 4.69) is 20.4 Å². The van der Waals surface area contributed by atoms with E-state index in [9.17, 15) is 52.9 Å². The number of hydrogen-bond donors (Lipinski definition) is 5. The molecule has 0 aliphatic heterocycles. The predicted molar refractivity (Wildman–Crippen MR) is 269 cm³/mol. The number of aryl methyl sites for hydroxylation is 4. The molecule has 72 heavy (non-hydrogen) atoms. The van der Waals surface area contributed by atoms with Crippen LogP contribution in [-0.2, 0) is 46.6 Å². The van der Waals surface area contributed by atoms with E-state index in [-0.39, 0.29) is 52.1 Å². The molecule has 6 aromatic heterocycles. The van der Waals surface area contributed by atoms with Gasteiger partial charge in [-0.25, -0.2) is 32.3 Å². The quantitative estimate of drug-likeness (QED) is 0.0985. The summed E-state index contributed by atoms with van der Waals surface area (Å²) < 4.78 is 31.9. The molecule has 2 aromatic carbocycles. The summed E-state index contributed by atoms with van der Waals surface area (Å²) in [5.41, 5.74) is 1.87. The minimum Gasteiger partial charge on any atom is -0.480 e. The van der Waals surface area contributed by atoms with Crippen LogP contribution in [0.25, 0.3) is 30.4 Å². The third kappa shape index (κ3) is 9.81. The van der Waals surface area contributed by atoms with Crippen molar-refractivity contribution in [2.45, 2.75) is 105 Å². The number of aliphatic carboxylic acids is 1. The molecule has 8 N–H and O–H groups in total. The van der Waals surface area contributed by atoms with Crippen LogP contribution in [-0.4, -0.2) is 75.5 Å². The number of aliphatic hydroxyl groups is 2. The van der Waals surface area contributed by atoms with E-state index in [0.29, 0.717) is 55.2 Å². The summed E-state index contributed by atoms with van der Waals surface area (Å²) in [4.78, 5) is 81.6. The summed E-state index contributed by atoms with van der Waals surface area (Å²) >= 11 is 2.17. The van der Waals surface area contributed by atoms with Crippen LogP contribution in [0, 0.1) is 25.5 Å². The number of carboxylic acids is 1. The van der Waals surface area contributed by atoms with Crippen molar-refractivity contribution in [2.75, 3.05) is 0 Å². The van der Waals surface area contributed by atoms with Gasteiger partial charge in [-0.2, -0.15) is 20.4 Å². The summed E-state index contributed by atoms with van der Waals surface area (Å²) in [6.07, 6.45) is 4.38. The number of nitrogens with two attached hydrogens (primary N) is 1. The summed E-state index contributed by atoms with van der Waals surface area (Å²) in [5.74, 6) is -3.30. The van der Waals surface area contributed by atoms with Gasteiger partial charge in [0, 0.05) is 11.1 Å². The molecule has 1 amide bonds. The highest BCUT2D eigenvalue weighted by molar-refractivity contribution is 7.21. The number of carbonyl (C=O) groups is 2. The molecule has 0 saturated heterocycles. The first-order chi connectivity index (χ1) is 33.0. The van der Waals surface area contributed by atoms with E-state index in [0.717, 1.165) is 32.8 Å². The third-order valence-corrected chi connectivity index (χ3v) is 14.8. The Morgan fingerprint density at radius 3 is 1.33 bits per heavy atom. The fourth-order valence-corrected chi connectivity index (χ4v) is 10.6. The van der Waals surface area contributed by atoms with Gasteiger partial charge < -0.3 is 27.2 Å². The van der Waals surface area contributed by atoms with Crippen LogP contribution in [0.5, 0.6) is 0 Å². The standard InChI is InChI=1S/C23H25FN6O4S.C23H24FN5O5S.ClH.H3N/c1-5-13-6-7-14(24)10-15(13)16(31)11-28-20-17(12(2)19(35-20)30-26-8-9-27-30)18(32)29(22(28)34)23(3,4)21(25)33;1-5-13-6-7-14(24)10-15(13)16(30)11-27-20-17(12(2)19(35-20)29-25-8-9-26-29)18(31)28(22(27)34)23(3,4)21(32)33;;/h6-10,16,31H,5,11H2,1-4H3,(H2,25,33);6-10,16,30H,5,11H2,1-4H3,(H,32,33);1H;1H3/t2*16-;;/m00../s1. The number of rotatable bonds is 14. The fraction of sp³-hybridized carbons (Fsp3) is 0.348. The second-order valence-electron chi connectivity index (χ2n) is 17.3. The molecule has 384 valence electrons. The van der Waals surface area contributed by atoms with Gasteiger partial charge in [-0.1, -0.05) is 48.7 Å². The lowest BCUT2D eigenvalue weighted by atomic mass is 10.00. The Kier molecular flexibility index (Phi) is 16.6. The van der Waals surface area contributed by atoms with Crippen LogP contribution in [0.4, 0.5) is 8.78 Å². The van der Waals surface area contributed by atoms with Crippen molar-refractivity contribution in [1.29, 1.82) is 0 Å². The fourth-order valence-electron chi connectivity index (χ4n) is 8.14. The normalized spacial score (nSPS) is 12.5. The maximum atomic E-state index is 14.0. The molecular weight excluding hydrogens is 1000 g/mol. The average Bonchev–Trinajstić information content (AvgIpc) is 4.14. The van der Waals surface area contributed by atoms with Crippen molar-refractivity contribution in [2.24, 2.45) is 5.73 Å². The van der Waals surface area contributed by atoms with Crippen LogP contribution in [0.15, 0.2) is 80.4 Å². The number of aliphatic hydroxyl groups excluding tert-OH is 2. The van der Waals surface area contributed by atoms with Gasteiger partial charge in [0.05, 0.1) is 60.9 Å². The second kappa shape index (κ2) is 21.4. The second-order valence-corrected chi connectivity index (χ2v) is 19.3. The molecule has 8 rings (SSSR count). The highest BCUT2D eigenvalue weighted by Crippen LogP contribution is 2.34. The first-order valence-electron chi connectivity index (χ1n) is 21.8. The van der Waals surface area contributed by atoms with E-state index in [1.54, 1.807) is 26.0 Å². The number of carbonyl (C=O) groups excluding carboxylic acids is 1. The molecule has 0 spiro atoms. The Morgan fingerprint density at radius 1 is 0.667 bits per heavy atom. The Hall–Kier alpha value is -7.03. The number of nitrogens with zero attached hydrogens (tertiary/aromatic N) is 10. The Bertz CT molecular complexity index is 3350. The van der Waals surface area contributed by atoms with Gasteiger partial charge in [0.2, 0.25) is 5.91 Å². The molecule has 0 aliphatic carbocycles. The first-order valence-corrected chi connectivity index (χ1v) is 23.4. The maximum absolute atomic E-state index is 14.0. The molecule has 26 heteroatoms. The molecule has 0 aliphatic rings. The van der Waals surface area contributed by atoms with E-state index in [1.807, 2.05) is 13.8 Å². The molecule has 0 radical (unpaired) electrons. The number of fused-ring (bicyclic) bond motifs is 2. The zero-order valence-corrected chi connectivity index (χ0v) is 42.7. The Balaban J connectivity index is 0.000000260. The number of aromatic nitrogens is 10. The number of amides is 1. The molecule has 0 bridgehead atoms. The number of benzene rings is 2. The highest BCUT2D eigenvalue weighted by atomic mass is 35.5. The van der Waals surface area contributed by atoms with E-state index in [4.69, 9.17) is 5.73 Å². The molecular formula is C46H53ClF2N12O9S2. The maximum Gasteiger partial charge on any atom is 0.333 e. The van der Waals surface area contributed by atoms with Gasteiger partial charge in [0.15, 0.2) is 0 Å². The van der Waals surface area contributed by atoms with Crippen molar-refractivity contribution in [3.8, 4) is 10.0 Å². The van der Waals surface area contributed by atoms with Gasteiger partial charge in [-0.05, 0) is 101 Å². The smallest absolute Gasteiger partial charge is 0.333 e. The SMILES string of the molecule is CCc1ccc(F)cc1[C@@H](O)Cn1c(=O)n(C(C)(C)C(=O)O)c(=O)c2c(C)c(-n3nccn3)sc21.CCc1ccc(F)cc1[C@@H](O)Cn1c(=O)n(C(C)(C)C(N)=O)c(=O)c2c(C)c(-n3nccn3)sc21.Cl.N. The molecule has 21 nitrogen and oxygen atoms in total. The first kappa shape index (κ1) is 55.9. The minimum atomic E-state index is -1.87. The van der Waals surface area contributed by atoms with Crippen molar-refractivity contribution in [1.82, 2.24) is 54.4 Å². The molecule has 2 atom stereocenters. The van der Waals surface area contributed by atoms with Gasteiger partial charge >= 0.3 is 17.3 Å². The van der Waals surface area contributed by atoms with Crippen molar-refractivity contribution < 1.29 is 33.7 Å². The van der Waals surface area contributed by atoms with Crippen LogP contribution in [0.2, 0.25) is 0 Å². The number of hydrogen-bond acceptors (Lipinski definition) is 15. The molecule has 0 saturated carbocycles. The highest BCUT2D eigenvalue weighted by Gasteiger charge is 2.37. The largest absolute Gasteiger partial charge is 0.480 e. The van der Waals surface area contributed by atoms with E-state index >= 15 is 0 Å². The molecule has 0 fully saturated rings. The summed E-state index contributed by atoms with van der Waals surface area (Å²) in [6.45, 7) is 11.7. The summed E-state index contributed by atoms with van der Waals surface area (Å²) in [6, 6.07) is 8.19. The van der Waals surface area contributed by atoms with Crippen LogP contribution < -0.4 is 34.4 Å². The zero-order chi connectivity index (χ0) is 51.3. The molecule has 8 aromatic rings. The third-order valence-electron chi connectivity index (χ3n) is 12.2. The van der Waals surface area contributed by atoms with Crippen LogP contribution in [0.3, 0.4) is 0 Å². The van der Waals surface area contributed by atoms with E-state index in [1.165, 1.54) is 95.5 Å². The van der Waals surface area contributed by atoms with Gasteiger partial charge in [-0.15, -0.1) is 22.0 Å².